The highest BCUT2D eigenvalue weighted by Crippen LogP contribution is 2.29. The highest BCUT2D eigenvalue weighted by Gasteiger charge is 2.18. The summed E-state index contributed by atoms with van der Waals surface area (Å²) in [5.41, 5.74) is 2.53. The van der Waals surface area contributed by atoms with Crippen LogP contribution >= 0.6 is 0 Å². The van der Waals surface area contributed by atoms with E-state index in [4.69, 9.17) is 5.26 Å². The van der Waals surface area contributed by atoms with Crippen molar-refractivity contribution in [2.45, 2.75) is 38.1 Å². The minimum Gasteiger partial charge on any atom is -0.242 e. The maximum Gasteiger partial charge on any atom is 0.114 e. The van der Waals surface area contributed by atoms with Gasteiger partial charge in [-0.15, -0.1) is 5.10 Å². The van der Waals surface area contributed by atoms with Crippen molar-refractivity contribution >= 4 is 11.0 Å². The molecule has 0 bridgehead atoms. The second-order valence-electron chi connectivity index (χ2n) is 4.64. The Hall–Kier alpha value is -1.89. The van der Waals surface area contributed by atoms with Gasteiger partial charge in [0.2, 0.25) is 0 Å². The molecule has 1 aromatic carbocycles. The standard InChI is InChI=1S/C13H14N4/c14-9-10-6-7-13-12(8-10)15-16-17(13)11-4-2-1-3-5-11/h6-8,11H,1-5H2. The van der Waals surface area contributed by atoms with Crippen molar-refractivity contribution in [3.8, 4) is 6.07 Å². The Labute approximate surface area is 99.8 Å². The zero-order valence-corrected chi connectivity index (χ0v) is 9.63. The van der Waals surface area contributed by atoms with Crippen LogP contribution in [0.3, 0.4) is 0 Å². The van der Waals surface area contributed by atoms with E-state index in [9.17, 15) is 0 Å². The van der Waals surface area contributed by atoms with Crippen LogP contribution in [0.5, 0.6) is 0 Å². The van der Waals surface area contributed by atoms with Gasteiger partial charge in [-0.25, -0.2) is 4.68 Å². The van der Waals surface area contributed by atoms with Gasteiger partial charge in [-0.1, -0.05) is 24.5 Å². The molecule has 0 amide bonds. The molecule has 1 aliphatic rings. The molecule has 4 nitrogen and oxygen atoms in total. The number of nitriles is 1. The van der Waals surface area contributed by atoms with Gasteiger partial charge in [-0.3, -0.25) is 0 Å². The first-order chi connectivity index (χ1) is 8.38. The van der Waals surface area contributed by atoms with Crippen LogP contribution < -0.4 is 0 Å². The highest BCUT2D eigenvalue weighted by molar-refractivity contribution is 5.76. The van der Waals surface area contributed by atoms with E-state index in [1.165, 1.54) is 32.1 Å². The van der Waals surface area contributed by atoms with Crippen molar-refractivity contribution in [1.82, 2.24) is 15.0 Å². The average molecular weight is 226 g/mol. The fourth-order valence-corrected chi connectivity index (χ4v) is 2.61. The molecule has 3 rings (SSSR count). The molecule has 0 atom stereocenters. The maximum atomic E-state index is 8.85. The summed E-state index contributed by atoms with van der Waals surface area (Å²) < 4.78 is 2.04. The van der Waals surface area contributed by atoms with Crippen molar-refractivity contribution in [1.29, 1.82) is 5.26 Å². The van der Waals surface area contributed by atoms with E-state index in [2.05, 4.69) is 16.4 Å². The molecule has 2 aromatic rings. The molecule has 1 heterocycles. The van der Waals surface area contributed by atoms with E-state index < -0.39 is 0 Å². The number of aromatic nitrogens is 3. The molecule has 1 aliphatic carbocycles. The second kappa shape index (κ2) is 4.17. The summed E-state index contributed by atoms with van der Waals surface area (Å²) in [5.74, 6) is 0. The molecule has 4 heteroatoms. The van der Waals surface area contributed by atoms with E-state index in [0.29, 0.717) is 11.6 Å². The molecule has 1 saturated carbocycles. The molecule has 17 heavy (non-hydrogen) atoms. The highest BCUT2D eigenvalue weighted by atomic mass is 15.4. The molecule has 0 radical (unpaired) electrons. The van der Waals surface area contributed by atoms with E-state index >= 15 is 0 Å². The third-order valence-corrected chi connectivity index (χ3v) is 3.52. The van der Waals surface area contributed by atoms with Gasteiger partial charge >= 0.3 is 0 Å². The third kappa shape index (κ3) is 1.78. The summed E-state index contributed by atoms with van der Waals surface area (Å²) in [6, 6.07) is 8.22. The first-order valence-electron chi connectivity index (χ1n) is 6.13. The molecule has 0 saturated heterocycles. The first kappa shape index (κ1) is 10.3. The Bertz CT molecular complexity index is 573. The monoisotopic (exact) mass is 226 g/mol. The first-order valence-corrected chi connectivity index (χ1v) is 6.13. The predicted molar refractivity (Wildman–Crippen MR) is 64.4 cm³/mol. The molecule has 86 valence electrons. The molecule has 0 aliphatic heterocycles. The quantitative estimate of drug-likeness (QED) is 0.751. The number of hydrogen-bond donors (Lipinski definition) is 0. The summed E-state index contributed by atoms with van der Waals surface area (Å²) >= 11 is 0. The minimum atomic E-state index is 0.488. The molecule has 1 aromatic heterocycles. The second-order valence-corrected chi connectivity index (χ2v) is 4.64. The van der Waals surface area contributed by atoms with E-state index in [-0.39, 0.29) is 0 Å². The lowest BCUT2D eigenvalue weighted by molar-refractivity contribution is 0.331. The molecular weight excluding hydrogens is 212 g/mol. The molecule has 1 fully saturated rings. The van der Waals surface area contributed by atoms with Crippen LogP contribution in [0.25, 0.3) is 11.0 Å². The van der Waals surface area contributed by atoms with Gasteiger partial charge in [-0.2, -0.15) is 5.26 Å². The number of rotatable bonds is 1. The molecule has 0 spiro atoms. The molecular formula is C13H14N4. The van der Waals surface area contributed by atoms with Gasteiger partial charge in [0, 0.05) is 0 Å². The third-order valence-electron chi connectivity index (χ3n) is 3.52. The number of nitrogens with zero attached hydrogens (tertiary/aromatic N) is 4. The van der Waals surface area contributed by atoms with Gasteiger partial charge in [-0.05, 0) is 31.0 Å². The molecule has 0 N–H and O–H groups in total. The Morgan fingerprint density at radius 1 is 1.24 bits per heavy atom. The Morgan fingerprint density at radius 2 is 2.06 bits per heavy atom. The lowest BCUT2D eigenvalue weighted by atomic mass is 9.95. The minimum absolute atomic E-state index is 0.488. The predicted octanol–water partition coefficient (Wildman–Crippen LogP) is 2.81. The Kier molecular flexibility index (Phi) is 2.52. The SMILES string of the molecule is N#Cc1ccc2c(c1)nnn2C1CCCCC1. The van der Waals surface area contributed by atoms with Crippen molar-refractivity contribution in [3.05, 3.63) is 23.8 Å². The normalized spacial score (nSPS) is 17.1. The van der Waals surface area contributed by atoms with Crippen molar-refractivity contribution in [2.24, 2.45) is 0 Å². The van der Waals surface area contributed by atoms with E-state index in [1.54, 1.807) is 0 Å². The van der Waals surface area contributed by atoms with Crippen molar-refractivity contribution in [2.75, 3.05) is 0 Å². The van der Waals surface area contributed by atoms with Gasteiger partial charge in [0.25, 0.3) is 0 Å². The summed E-state index contributed by atoms with van der Waals surface area (Å²) in [6.45, 7) is 0. The van der Waals surface area contributed by atoms with Crippen LogP contribution in [0.1, 0.15) is 43.7 Å². The Balaban J connectivity index is 2.03. The van der Waals surface area contributed by atoms with Gasteiger partial charge < -0.3 is 0 Å². The summed E-state index contributed by atoms with van der Waals surface area (Å²) in [4.78, 5) is 0. The lowest BCUT2D eigenvalue weighted by Gasteiger charge is -2.21. The Morgan fingerprint density at radius 3 is 2.82 bits per heavy atom. The summed E-state index contributed by atoms with van der Waals surface area (Å²) in [7, 11) is 0. The maximum absolute atomic E-state index is 8.85. The lowest BCUT2D eigenvalue weighted by Crippen LogP contribution is -2.14. The zero-order chi connectivity index (χ0) is 11.7. The fraction of sp³-hybridized carbons (Fsp3) is 0.462. The topological polar surface area (TPSA) is 54.5 Å². The van der Waals surface area contributed by atoms with E-state index in [0.717, 1.165) is 11.0 Å². The smallest absolute Gasteiger partial charge is 0.114 e. The number of fused-ring (bicyclic) bond motifs is 1. The van der Waals surface area contributed by atoms with Crippen molar-refractivity contribution in [3.63, 3.8) is 0 Å². The average Bonchev–Trinajstić information content (AvgIpc) is 2.82. The number of benzene rings is 1. The van der Waals surface area contributed by atoms with Crippen LogP contribution in [-0.4, -0.2) is 15.0 Å². The van der Waals surface area contributed by atoms with Crippen LogP contribution in [0.15, 0.2) is 18.2 Å². The largest absolute Gasteiger partial charge is 0.242 e. The number of hydrogen-bond acceptors (Lipinski definition) is 3. The van der Waals surface area contributed by atoms with Crippen LogP contribution in [0.4, 0.5) is 0 Å². The summed E-state index contributed by atoms with van der Waals surface area (Å²) in [6.07, 6.45) is 6.28. The van der Waals surface area contributed by atoms with Crippen LogP contribution in [-0.2, 0) is 0 Å². The zero-order valence-electron chi connectivity index (χ0n) is 9.63. The van der Waals surface area contributed by atoms with Gasteiger partial charge in [0.05, 0.1) is 23.2 Å². The fourth-order valence-electron chi connectivity index (χ4n) is 2.61. The molecule has 0 unspecified atom stereocenters. The van der Waals surface area contributed by atoms with Gasteiger partial charge in [0.1, 0.15) is 5.52 Å². The van der Waals surface area contributed by atoms with Gasteiger partial charge in [0.15, 0.2) is 0 Å². The van der Waals surface area contributed by atoms with E-state index in [1.807, 2.05) is 22.9 Å². The van der Waals surface area contributed by atoms with Crippen LogP contribution in [0.2, 0.25) is 0 Å². The van der Waals surface area contributed by atoms with Crippen molar-refractivity contribution < 1.29 is 0 Å². The summed E-state index contributed by atoms with van der Waals surface area (Å²) in [5, 5.41) is 17.3. The van der Waals surface area contributed by atoms with Crippen LogP contribution in [0, 0.1) is 11.3 Å².